The van der Waals surface area contributed by atoms with E-state index in [9.17, 15) is 9.18 Å². The first-order chi connectivity index (χ1) is 16.9. The van der Waals surface area contributed by atoms with Crippen molar-refractivity contribution in [1.29, 1.82) is 0 Å². The number of benzene rings is 2. The highest BCUT2D eigenvalue weighted by atomic mass is 35.5. The van der Waals surface area contributed by atoms with Crippen molar-refractivity contribution in [3.63, 3.8) is 0 Å². The highest BCUT2D eigenvalue weighted by Crippen LogP contribution is 2.37. The first-order valence-electron chi connectivity index (χ1n) is 11.8. The molecule has 0 unspecified atom stereocenters. The lowest BCUT2D eigenvalue weighted by molar-refractivity contribution is -0.143. The van der Waals surface area contributed by atoms with E-state index in [1.165, 1.54) is 6.07 Å². The summed E-state index contributed by atoms with van der Waals surface area (Å²) in [5, 5.41) is 1.50. The van der Waals surface area contributed by atoms with Gasteiger partial charge in [-0.1, -0.05) is 61.5 Å². The van der Waals surface area contributed by atoms with Gasteiger partial charge in [0.25, 0.3) is 0 Å². The first-order valence-corrected chi connectivity index (χ1v) is 13.0. The number of hydrogen-bond acceptors (Lipinski definition) is 3. The highest BCUT2D eigenvalue weighted by molar-refractivity contribution is 8.03. The number of rotatable bonds is 11. The third-order valence-corrected chi connectivity index (χ3v) is 7.08. The van der Waals surface area contributed by atoms with Crippen LogP contribution in [0.25, 0.3) is 10.9 Å². The van der Waals surface area contributed by atoms with Crippen LogP contribution in [-0.4, -0.2) is 17.1 Å². The standard InChI is InChI=1S/C29H31ClFNO2S/c1-5-8-10-28(35-24-14-11-22(30)12-15-24)21(9-6-2)17-25-20(4)32(19-29(33)34-7-3)27-16-13-23(31)18-26(25)27/h6,9-16,18H,2,5,7-8,17,19H2,1,3-4H3/b21-9-,28-10-. The second-order valence-electron chi connectivity index (χ2n) is 8.13. The smallest absolute Gasteiger partial charge is 0.325 e. The maximum Gasteiger partial charge on any atom is 0.325 e. The van der Waals surface area contributed by atoms with Gasteiger partial charge in [0.05, 0.1) is 6.61 Å². The summed E-state index contributed by atoms with van der Waals surface area (Å²) in [5.41, 5.74) is 3.79. The van der Waals surface area contributed by atoms with Crippen molar-refractivity contribution in [3.8, 4) is 0 Å². The van der Waals surface area contributed by atoms with Crippen LogP contribution in [0, 0.1) is 12.7 Å². The molecular weight excluding hydrogens is 481 g/mol. The van der Waals surface area contributed by atoms with E-state index in [1.54, 1.807) is 36.9 Å². The Bertz CT molecular complexity index is 1260. The minimum absolute atomic E-state index is 0.0837. The van der Waals surface area contributed by atoms with E-state index in [0.29, 0.717) is 18.1 Å². The van der Waals surface area contributed by atoms with Crippen molar-refractivity contribution in [2.24, 2.45) is 0 Å². The number of fused-ring (bicyclic) bond motifs is 1. The number of nitrogens with zero attached hydrogens (tertiary/aromatic N) is 1. The predicted octanol–water partition coefficient (Wildman–Crippen LogP) is 8.44. The lowest BCUT2D eigenvalue weighted by Gasteiger charge is -2.14. The van der Waals surface area contributed by atoms with Gasteiger partial charge in [-0.05, 0) is 73.9 Å². The maximum absolute atomic E-state index is 14.3. The molecular formula is C29H31ClFNO2S. The Kier molecular flexibility index (Phi) is 9.82. The summed E-state index contributed by atoms with van der Waals surface area (Å²) < 4.78 is 21.4. The summed E-state index contributed by atoms with van der Waals surface area (Å²) in [4.78, 5) is 14.5. The van der Waals surface area contributed by atoms with Gasteiger partial charge >= 0.3 is 5.97 Å². The number of aromatic nitrogens is 1. The summed E-state index contributed by atoms with van der Waals surface area (Å²) in [6.45, 7) is 10.2. The highest BCUT2D eigenvalue weighted by Gasteiger charge is 2.19. The van der Waals surface area contributed by atoms with Crippen molar-refractivity contribution in [2.75, 3.05) is 6.61 Å². The molecule has 0 N–H and O–H groups in total. The minimum atomic E-state index is -0.313. The number of hydrogen-bond donors (Lipinski definition) is 0. The van der Waals surface area contributed by atoms with Crippen LogP contribution < -0.4 is 0 Å². The van der Waals surface area contributed by atoms with Crippen molar-refractivity contribution in [1.82, 2.24) is 4.57 Å². The quantitative estimate of drug-likeness (QED) is 0.147. The number of unbranched alkanes of at least 4 members (excludes halogenated alkanes) is 1. The van der Waals surface area contributed by atoms with E-state index >= 15 is 0 Å². The summed E-state index contributed by atoms with van der Waals surface area (Å²) in [7, 11) is 0. The number of carbonyl (C=O) groups excluding carboxylic acids is 1. The van der Waals surface area contributed by atoms with Gasteiger partial charge in [-0.3, -0.25) is 4.79 Å². The molecule has 3 nitrogen and oxygen atoms in total. The van der Waals surface area contributed by atoms with Crippen molar-refractivity contribution < 1.29 is 13.9 Å². The van der Waals surface area contributed by atoms with Gasteiger partial charge in [-0.2, -0.15) is 0 Å². The van der Waals surface area contributed by atoms with Gasteiger partial charge in [-0.15, -0.1) is 0 Å². The molecule has 0 amide bonds. The molecule has 3 aromatic rings. The number of carbonyl (C=O) groups is 1. The number of thioether (sulfide) groups is 1. The predicted molar refractivity (Wildman–Crippen MR) is 146 cm³/mol. The second kappa shape index (κ2) is 12.8. The first kappa shape index (κ1) is 26.8. The summed E-state index contributed by atoms with van der Waals surface area (Å²) >= 11 is 7.76. The molecule has 0 fully saturated rings. The normalized spacial score (nSPS) is 12.3. The van der Waals surface area contributed by atoms with Gasteiger partial charge < -0.3 is 9.30 Å². The van der Waals surface area contributed by atoms with Gasteiger partial charge in [0.1, 0.15) is 12.4 Å². The van der Waals surface area contributed by atoms with Crippen LogP contribution in [0.1, 0.15) is 37.9 Å². The third kappa shape index (κ3) is 6.89. The van der Waals surface area contributed by atoms with E-state index < -0.39 is 0 Å². The summed E-state index contributed by atoms with van der Waals surface area (Å²) in [5.74, 6) is -0.620. The molecule has 6 heteroatoms. The zero-order chi connectivity index (χ0) is 25.4. The molecule has 0 spiro atoms. The van der Waals surface area contributed by atoms with Crippen LogP contribution in [0.15, 0.2) is 82.6 Å². The Morgan fingerprint density at radius 1 is 1.20 bits per heavy atom. The average molecular weight is 512 g/mol. The Labute approximate surface area is 216 Å². The molecule has 0 atom stereocenters. The zero-order valence-electron chi connectivity index (χ0n) is 20.4. The summed E-state index contributed by atoms with van der Waals surface area (Å²) in [6.07, 6.45) is 8.56. The van der Waals surface area contributed by atoms with E-state index in [4.69, 9.17) is 16.3 Å². The van der Waals surface area contributed by atoms with E-state index in [0.717, 1.165) is 50.4 Å². The molecule has 0 saturated carbocycles. The fourth-order valence-corrected chi connectivity index (χ4v) is 5.12. The molecule has 0 aliphatic rings. The van der Waals surface area contributed by atoms with E-state index in [2.05, 4.69) is 19.6 Å². The molecule has 0 aliphatic heterocycles. The number of esters is 1. The molecule has 3 rings (SSSR count). The lowest BCUT2D eigenvalue weighted by Crippen LogP contribution is -2.14. The Hall–Kier alpha value is -2.76. The monoisotopic (exact) mass is 511 g/mol. The Balaban J connectivity index is 2.06. The summed E-state index contributed by atoms with van der Waals surface area (Å²) in [6, 6.07) is 12.5. The lowest BCUT2D eigenvalue weighted by atomic mass is 10.0. The van der Waals surface area contributed by atoms with Crippen LogP contribution in [0.3, 0.4) is 0 Å². The number of ether oxygens (including phenoxy) is 1. The van der Waals surface area contributed by atoms with Gasteiger partial charge in [0, 0.05) is 37.8 Å². The number of allylic oxidation sites excluding steroid dienone is 4. The topological polar surface area (TPSA) is 31.2 Å². The molecule has 0 aliphatic carbocycles. The van der Waals surface area contributed by atoms with Crippen molar-refractivity contribution in [3.05, 3.63) is 99.8 Å². The van der Waals surface area contributed by atoms with E-state index in [-0.39, 0.29) is 18.3 Å². The van der Waals surface area contributed by atoms with Crippen LogP contribution in [0.5, 0.6) is 0 Å². The SMILES string of the molecule is C=C/C=C(Cc1c(C)n(CC(=O)OCC)c2ccc(F)cc12)\C(=C\CCC)Sc1ccc(Cl)cc1. The van der Waals surface area contributed by atoms with Gasteiger partial charge in [0.2, 0.25) is 0 Å². The minimum Gasteiger partial charge on any atom is -0.465 e. The third-order valence-electron chi connectivity index (χ3n) is 5.67. The average Bonchev–Trinajstić information content (AvgIpc) is 3.08. The Morgan fingerprint density at radius 2 is 1.94 bits per heavy atom. The van der Waals surface area contributed by atoms with Crippen LogP contribution in [-0.2, 0) is 22.5 Å². The molecule has 0 bridgehead atoms. The van der Waals surface area contributed by atoms with Crippen LogP contribution in [0.2, 0.25) is 5.02 Å². The second-order valence-corrected chi connectivity index (χ2v) is 9.69. The van der Waals surface area contributed by atoms with Gasteiger partial charge in [0.15, 0.2) is 0 Å². The largest absolute Gasteiger partial charge is 0.465 e. The van der Waals surface area contributed by atoms with Crippen molar-refractivity contribution >= 4 is 40.2 Å². The molecule has 35 heavy (non-hydrogen) atoms. The Morgan fingerprint density at radius 3 is 2.60 bits per heavy atom. The molecule has 184 valence electrons. The molecule has 2 aromatic carbocycles. The van der Waals surface area contributed by atoms with Crippen LogP contribution in [0.4, 0.5) is 4.39 Å². The molecule has 0 radical (unpaired) electrons. The fourth-order valence-electron chi connectivity index (χ4n) is 3.99. The van der Waals surface area contributed by atoms with E-state index in [1.807, 2.05) is 41.8 Å². The fraction of sp³-hybridized carbons (Fsp3) is 0.276. The number of halogens is 2. The van der Waals surface area contributed by atoms with Crippen LogP contribution >= 0.6 is 23.4 Å². The van der Waals surface area contributed by atoms with Crippen molar-refractivity contribution in [2.45, 2.75) is 51.5 Å². The molecule has 1 aromatic heterocycles. The maximum atomic E-state index is 14.3. The molecule has 1 heterocycles. The molecule has 0 saturated heterocycles. The van der Waals surface area contributed by atoms with Gasteiger partial charge in [-0.25, -0.2) is 4.39 Å². The zero-order valence-corrected chi connectivity index (χ0v) is 22.0.